The van der Waals surface area contributed by atoms with Gasteiger partial charge in [0, 0.05) is 17.6 Å². The molecule has 0 saturated heterocycles. The average molecular weight is 607 g/mol. The molecule has 0 heterocycles. The highest BCUT2D eigenvalue weighted by Gasteiger charge is 2.33. The average Bonchev–Trinajstić information content (AvgIpc) is 2.95. The molecule has 0 aliphatic carbocycles. The minimum Gasteiger partial charge on any atom is -0.497 e. The molecule has 0 aliphatic rings. The van der Waals surface area contributed by atoms with Crippen LogP contribution in [-0.4, -0.2) is 50.9 Å². The maximum Gasteiger partial charge on any atom is 0.264 e. The summed E-state index contributed by atoms with van der Waals surface area (Å²) in [5.74, 6) is -0.380. The normalized spacial score (nSPS) is 12.8. The minimum atomic E-state index is -4.25. The van der Waals surface area contributed by atoms with Gasteiger partial charge in [0.25, 0.3) is 10.0 Å². The molecule has 8 nitrogen and oxygen atoms in total. The fraction of sp³-hybridized carbons (Fsp3) is 0.310. The van der Waals surface area contributed by atoms with Crippen LogP contribution >= 0.6 is 23.2 Å². The summed E-state index contributed by atoms with van der Waals surface area (Å²) >= 11 is 12.6. The van der Waals surface area contributed by atoms with Crippen LogP contribution in [0.4, 0.5) is 5.69 Å². The van der Waals surface area contributed by atoms with Gasteiger partial charge in [0.2, 0.25) is 11.8 Å². The third kappa shape index (κ3) is 7.68. The zero-order chi connectivity index (χ0) is 29.4. The van der Waals surface area contributed by atoms with Crippen molar-refractivity contribution in [3.05, 3.63) is 88.4 Å². The Balaban J connectivity index is 2.06. The lowest BCUT2D eigenvalue weighted by Crippen LogP contribution is -2.52. The molecular weight excluding hydrogens is 573 g/mol. The Morgan fingerprint density at radius 3 is 2.33 bits per heavy atom. The number of nitrogens with one attached hydrogen (secondary N) is 1. The van der Waals surface area contributed by atoms with Gasteiger partial charge in [-0.15, -0.1) is 0 Å². The fourth-order valence-electron chi connectivity index (χ4n) is 3.93. The number of methoxy groups -OCH3 is 1. The number of carbonyl (C=O) groups is 2. The first-order valence-electron chi connectivity index (χ1n) is 12.7. The van der Waals surface area contributed by atoms with E-state index in [0.29, 0.717) is 17.7 Å². The van der Waals surface area contributed by atoms with Crippen molar-refractivity contribution < 1.29 is 22.7 Å². The van der Waals surface area contributed by atoms with E-state index in [4.69, 9.17) is 27.9 Å². The smallest absolute Gasteiger partial charge is 0.264 e. The van der Waals surface area contributed by atoms with Crippen molar-refractivity contribution in [1.82, 2.24) is 10.2 Å². The number of anilines is 1. The lowest BCUT2D eigenvalue weighted by atomic mass is 10.1. The molecule has 1 N–H and O–H groups in total. The van der Waals surface area contributed by atoms with Gasteiger partial charge in [-0.05, 0) is 68.3 Å². The molecule has 3 aromatic carbocycles. The summed E-state index contributed by atoms with van der Waals surface area (Å²) in [7, 11) is -2.72. The number of ether oxygens (including phenoxy) is 1. The maximum atomic E-state index is 14.0. The molecule has 3 aromatic rings. The van der Waals surface area contributed by atoms with Crippen LogP contribution in [0.5, 0.6) is 5.75 Å². The lowest BCUT2D eigenvalue weighted by Gasteiger charge is -2.32. The van der Waals surface area contributed by atoms with E-state index in [1.54, 1.807) is 49.4 Å². The number of benzene rings is 3. The Labute approximate surface area is 245 Å². The molecular formula is C29H33Cl2N3O5S. The van der Waals surface area contributed by atoms with Crippen LogP contribution < -0.4 is 14.4 Å². The highest BCUT2D eigenvalue weighted by Crippen LogP contribution is 2.33. The Bertz CT molecular complexity index is 1440. The minimum absolute atomic E-state index is 0.0271. The van der Waals surface area contributed by atoms with E-state index >= 15 is 0 Å². The van der Waals surface area contributed by atoms with Crippen molar-refractivity contribution >= 4 is 50.7 Å². The van der Waals surface area contributed by atoms with Crippen LogP contribution in [0.3, 0.4) is 0 Å². The van der Waals surface area contributed by atoms with Crippen molar-refractivity contribution in [2.75, 3.05) is 18.0 Å². The first-order chi connectivity index (χ1) is 19.0. The third-order valence-electron chi connectivity index (χ3n) is 6.44. The first-order valence-corrected chi connectivity index (χ1v) is 14.9. The van der Waals surface area contributed by atoms with Crippen molar-refractivity contribution in [3.63, 3.8) is 0 Å². The molecule has 11 heteroatoms. The number of amides is 2. The standard InChI is InChI=1S/C29H33Cl2N3O5S/c1-5-20(2)32-29(36)21(3)33(18-22-10-9-11-24(16-22)39-4)28(35)19-34(27-17-23(30)14-15-26(27)31)40(37,38)25-12-7-6-8-13-25/h6-17,20-21H,5,18-19H2,1-4H3,(H,32,36)/t20-,21+/m1/s1. The molecule has 40 heavy (non-hydrogen) atoms. The molecule has 3 rings (SSSR count). The van der Waals surface area contributed by atoms with Crippen LogP contribution in [0, 0.1) is 0 Å². The van der Waals surface area contributed by atoms with Gasteiger partial charge in [0.1, 0.15) is 18.3 Å². The summed E-state index contributed by atoms with van der Waals surface area (Å²) in [4.78, 5) is 28.5. The molecule has 0 radical (unpaired) electrons. The number of rotatable bonds is 12. The molecule has 0 spiro atoms. The molecule has 2 amide bonds. The number of carbonyl (C=O) groups excluding carboxylic acids is 2. The predicted molar refractivity (Wildman–Crippen MR) is 158 cm³/mol. The van der Waals surface area contributed by atoms with Crippen molar-refractivity contribution in [2.24, 2.45) is 0 Å². The monoisotopic (exact) mass is 605 g/mol. The highest BCUT2D eigenvalue weighted by atomic mass is 35.5. The number of nitrogens with zero attached hydrogens (tertiary/aromatic N) is 2. The quantitative estimate of drug-likeness (QED) is 0.293. The summed E-state index contributed by atoms with van der Waals surface area (Å²) in [6.07, 6.45) is 0.707. The van der Waals surface area contributed by atoms with Gasteiger partial charge in [0.05, 0.1) is 22.7 Å². The highest BCUT2D eigenvalue weighted by molar-refractivity contribution is 7.92. The number of hydrogen-bond acceptors (Lipinski definition) is 5. The van der Waals surface area contributed by atoms with Crippen LogP contribution in [0.15, 0.2) is 77.7 Å². The van der Waals surface area contributed by atoms with Gasteiger partial charge < -0.3 is 15.0 Å². The summed E-state index contributed by atoms with van der Waals surface area (Å²) in [5, 5.41) is 3.24. The first kappa shape index (κ1) is 31.3. The molecule has 214 valence electrons. The van der Waals surface area contributed by atoms with Gasteiger partial charge in [-0.1, -0.05) is 60.5 Å². The zero-order valence-electron chi connectivity index (χ0n) is 22.8. The molecule has 2 atom stereocenters. The number of hydrogen-bond donors (Lipinski definition) is 1. The van der Waals surface area contributed by atoms with Crippen LogP contribution in [0.1, 0.15) is 32.8 Å². The fourth-order valence-corrected chi connectivity index (χ4v) is 5.81. The van der Waals surface area contributed by atoms with Gasteiger partial charge in [-0.3, -0.25) is 13.9 Å². The Kier molecular flexibility index (Phi) is 10.8. The summed E-state index contributed by atoms with van der Waals surface area (Å²) in [5.41, 5.74) is 0.749. The van der Waals surface area contributed by atoms with Crippen molar-refractivity contribution in [1.29, 1.82) is 0 Å². The van der Waals surface area contributed by atoms with Gasteiger partial charge >= 0.3 is 0 Å². The second kappa shape index (κ2) is 13.9. The van der Waals surface area contributed by atoms with Crippen LogP contribution in [0.2, 0.25) is 10.0 Å². The topological polar surface area (TPSA) is 96.0 Å². The lowest BCUT2D eigenvalue weighted by molar-refractivity contribution is -0.139. The number of sulfonamides is 1. The second-order valence-corrected chi connectivity index (χ2v) is 12.0. The van der Waals surface area contributed by atoms with E-state index in [0.717, 1.165) is 4.31 Å². The number of halogens is 2. The zero-order valence-corrected chi connectivity index (χ0v) is 25.1. The Morgan fingerprint density at radius 1 is 0.975 bits per heavy atom. The van der Waals surface area contributed by atoms with Gasteiger partial charge in [0.15, 0.2) is 0 Å². The SMILES string of the molecule is CC[C@@H](C)NC(=O)[C@H](C)N(Cc1cccc(OC)c1)C(=O)CN(c1cc(Cl)ccc1Cl)S(=O)(=O)c1ccccc1. The van der Waals surface area contributed by atoms with E-state index in [-0.39, 0.29) is 39.1 Å². The predicted octanol–water partition coefficient (Wildman–Crippen LogP) is 5.53. The van der Waals surface area contributed by atoms with E-state index < -0.39 is 28.5 Å². The second-order valence-electron chi connectivity index (χ2n) is 9.29. The molecule has 0 saturated carbocycles. The van der Waals surface area contributed by atoms with Crippen LogP contribution in [0.25, 0.3) is 0 Å². The van der Waals surface area contributed by atoms with E-state index in [9.17, 15) is 18.0 Å². The summed E-state index contributed by atoms with van der Waals surface area (Å²) < 4.78 is 33.9. The van der Waals surface area contributed by atoms with Crippen molar-refractivity contribution in [2.45, 2.75) is 50.7 Å². The van der Waals surface area contributed by atoms with E-state index in [2.05, 4.69) is 5.32 Å². The maximum absolute atomic E-state index is 14.0. The van der Waals surface area contributed by atoms with E-state index in [1.165, 1.54) is 42.3 Å². The van der Waals surface area contributed by atoms with Gasteiger partial charge in [-0.2, -0.15) is 0 Å². The summed E-state index contributed by atoms with van der Waals surface area (Å²) in [6, 6.07) is 18.2. The third-order valence-corrected chi connectivity index (χ3v) is 8.77. The van der Waals surface area contributed by atoms with Crippen molar-refractivity contribution in [3.8, 4) is 5.75 Å². The molecule has 0 aromatic heterocycles. The Hall–Kier alpha value is -3.27. The molecule has 0 fully saturated rings. The largest absolute Gasteiger partial charge is 0.497 e. The summed E-state index contributed by atoms with van der Waals surface area (Å²) in [6.45, 7) is 4.83. The molecule has 0 unspecified atom stereocenters. The van der Waals surface area contributed by atoms with Gasteiger partial charge in [-0.25, -0.2) is 8.42 Å². The van der Waals surface area contributed by atoms with Crippen LogP contribution in [-0.2, 0) is 26.2 Å². The van der Waals surface area contributed by atoms with E-state index in [1.807, 2.05) is 13.8 Å². The Morgan fingerprint density at radius 2 is 1.68 bits per heavy atom. The molecule has 0 bridgehead atoms. The molecule has 0 aliphatic heterocycles.